The number of nitrogens with zero attached hydrogens (tertiary/aromatic N) is 1. The van der Waals surface area contributed by atoms with Crippen LogP contribution in [-0.4, -0.2) is 20.9 Å². The predicted molar refractivity (Wildman–Crippen MR) is 103 cm³/mol. The molecule has 0 spiro atoms. The molecule has 0 fully saturated rings. The smallest absolute Gasteiger partial charge is 0.337 e. The van der Waals surface area contributed by atoms with Crippen molar-refractivity contribution in [1.82, 2.24) is 9.78 Å². The maximum absolute atomic E-state index is 12.7. The number of halogens is 3. The van der Waals surface area contributed by atoms with Gasteiger partial charge < -0.3 is 5.11 Å². The fourth-order valence-electron chi connectivity index (χ4n) is 2.42. The number of hydrogen-bond acceptors (Lipinski definition) is 2. The Hall–Kier alpha value is -2.47. The number of benzene rings is 2. The fraction of sp³-hybridized carbons (Fsp3) is 0. The molecule has 0 radical (unpaired) electrons. The van der Waals surface area contributed by atoms with Crippen molar-refractivity contribution < 1.29 is 9.90 Å². The van der Waals surface area contributed by atoms with Crippen molar-refractivity contribution in [3.05, 3.63) is 83.5 Å². The number of H-pyrrole nitrogens is 1. The first-order chi connectivity index (χ1) is 12.3. The number of hydrogen-bond donors (Lipinski definition) is 2. The number of aromatic nitrogens is 2. The van der Waals surface area contributed by atoms with Crippen molar-refractivity contribution in [1.29, 1.82) is 0 Å². The second kappa shape index (κ2) is 7.03. The maximum atomic E-state index is 12.7. The van der Waals surface area contributed by atoms with Gasteiger partial charge in [0.05, 0.1) is 26.8 Å². The highest BCUT2D eigenvalue weighted by Crippen LogP contribution is 2.21. The van der Waals surface area contributed by atoms with Gasteiger partial charge in [0.2, 0.25) is 0 Å². The van der Waals surface area contributed by atoms with E-state index in [-0.39, 0.29) is 10.6 Å². The standard InChI is InChI=1S/C18H11Cl3N2O3/c1-9-13(6-10-2-3-11(19)7-16(10)21)17(24)23(22-9)12-4-5-15(20)14(8-12)18(25)26/h2-8,22H,1H2,(H,25,26). The molecule has 1 aromatic heterocycles. The molecule has 0 aliphatic heterocycles. The number of rotatable bonds is 3. The molecule has 0 bridgehead atoms. The SMILES string of the molecule is C=c1[nH]n(-c2ccc(Cl)c(C(=O)O)c2)c(=O)c1=Cc1ccc(Cl)cc1Cl. The zero-order valence-electron chi connectivity index (χ0n) is 13.1. The summed E-state index contributed by atoms with van der Waals surface area (Å²) in [6.07, 6.45) is 1.59. The lowest BCUT2D eigenvalue weighted by Gasteiger charge is -2.04. The lowest BCUT2D eigenvalue weighted by Crippen LogP contribution is -2.34. The van der Waals surface area contributed by atoms with Crippen molar-refractivity contribution in [2.45, 2.75) is 0 Å². The number of nitrogens with one attached hydrogen (secondary N) is 1. The van der Waals surface area contributed by atoms with Crippen molar-refractivity contribution in [3.63, 3.8) is 0 Å². The molecule has 26 heavy (non-hydrogen) atoms. The summed E-state index contributed by atoms with van der Waals surface area (Å²) in [4.78, 5) is 24.0. The highest BCUT2D eigenvalue weighted by Gasteiger charge is 2.12. The molecular formula is C18H11Cl3N2O3. The zero-order valence-corrected chi connectivity index (χ0v) is 15.4. The van der Waals surface area contributed by atoms with Crippen LogP contribution < -0.4 is 16.1 Å². The third-order valence-electron chi connectivity index (χ3n) is 3.71. The summed E-state index contributed by atoms with van der Waals surface area (Å²) in [6.45, 7) is 3.83. The molecule has 3 rings (SSSR count). The lowest BCUT2D eigenvalue weighted by molar-refractivity contribution is 0.0697. The molecule has 0 saturated heterocycles. The van der Waals surface area contributed by atoms with Crippen LogP contribution in [0.2, 0.25) is 15.1 Å². The first-order valence-electron chi connectivity index (χ1n) is 7.28. The minimum absolute atomic E-state index is 0.0791. The summed E-state index contributed by atoms with van der Waals surface area (Å²) in [7, 11) is 0. The number of carbonyl (C=O) groups is 1. The molecule has 3 aromatic rings. The average Bonchev–Trinajstić information content (AvgIpc) is 2.85. The van der Waals surface area contributed by atoms with Gasteiger partial charge in [-0.15, -0.1) is 0 Å². The number of carboxylic acid groups (broad SMARTS) is 1. The van der Waals surface area contributed by atoms with Crippen LogP contribution in [0.5, 0.6) is 0 Å². The minimum Gasteiger partial charge on any atom is -0.478 e. The summed E-state index contributed by atoms with van der Waals surface area (Å²) in [5.74, 6) is -1.19. The Morgan fingerprint density at radius 1 is 1.12 bits per heavy atom. The Morgan fingerprint density at radius 2 is 1.85 bits per heavy atom. The van der Waals surface area contributed by atoms with Gasteiger partial charge in [-0.25, -0.2) is 9.48 Å². The van der Waals surface area contributed by atoms with E-state index in [0.717, 1.165) is 0 Å². The van der Waals surface area contributed by atoms with Crippen molar-refractivity contribution in [2.24, 2.45) is 0 Å². The molecule has 132 valence electrons. The first-order valence-corrected chi connectivity index (χ1v) is 8.41. The van der Waals surface area contributed by atoms with E-state index in [2.05, 4.69) is 11.7 Å². The quantitative estimate of drug-likeness (QED) is 0.698. The molecule has 0 amide bonds. The van der Waals surface area contributed by atoms with Gasteiger partial charge in [-0.2, -0.15) is 0 Å². The molecule has 8 heteroatoms. The van der Waals surface area contributed by atoms with Gasteiger partial charge in [-0.3, -0.25) is 9.89 Å². The van der Waals surface area contributed by atoms with Crippen LogP contribution in [0.25, 0.3) is 18.3 Å². The van der Waals surface area contributed by atoms with Gasteiger partial charge in [0, 0.05) is 10.0 Å². The minimum atomic E-state index is -1.19. The Bertz CT molecular complexity index is 1200. The van der Waals surface area contributed by atoms with E-state index in [1.54, 1.807) is 24.3 Å². The Morgan fingerprint density at radius 3 is 2.50 bits per heavy atom. The molecular weight excluding hydrogens is 399 g/mol. The number of aromatic carboxylic acids is 1. The number of carboxylic acids is 1. The van der Waals surface area contributed by atoms with Crippen LogP contribution in [-0.2, 0) is 0 Å². The van der Waals surface area contributed by atoms with Crippen LogP contribution in [0.3, 0.4) is 0 Å². The molecule has 0 aliphatic carbocycles. The van der Waals surface area contributed by atoms with Crippen LogP contribution in [0.4, 0.5) is 0 Å². The van der Waals surface area contributed by atoms with E-state index in [1.807, 2.05) is 0 Å². The van der Waals surface area contributed by atoms with E-state index >= 15 is 0 Å². The topological polar surface area (TPSA) is 75.1 Å². The summed E-state index contributed by atoms with van der Waals surface area (Å²) >= 11 is 17.9. The van der Waals surface area contributed by atoms with Crippen LogP contribution >= 0.6 is 34.8 Å². The van der Waals surface area contributed by atoms with E-state index in [1.165, 1.54) is 22.9 Å². The van der Waals surface area contributed by atoms with Crippen molar-refractivity contribution >= 4 is 53.4 Å². The fourth-order valence-corrected chi connectivity index (χ4v) is 3.08. The van der Waals surface area contributed by atoms with E-state index in [0.29, 0.717) is 31.9 Å². The maximum Gasteiger partial charge on any atom is 0.337 e. The summed E-state index contributed by atoms with van der Waals surface area (Å²) in [5.41, 5.74) is 0.414. The van der Waals surface area contributed by atoms with E-state index in [4.69, 9.17) is 34.8 Å². The number of aromatic amines is 1. The average molecular weight is 410 g/mol. The first kappa shape index (κ1) is 18.3. The Balaban J connectivity index is 2.20. The predicted octanol–water partition coefficient (Wildman–Crippen LogP) is 3.06. The highest BCUT2D eigenvalue weighted by molar-refractivity contribution is 6.35. The Labute approximate surface area is 162 Å². The zero-order chi connectivity index (χ0) is 19.0. The third-order valence-corrected chi connectivity index (χ3v) is 4.60. The molecule has 2 aromatic carbocycles. The summed E-state index contributed by atoms with van der Waals surface area (Å²) in [6, 6.07) is 9.17. The summed E-state index contributed by atoms with van der Waals surface area (Å²) < 4.78 is 1.20. The van der Waals surface area contributed by atoms with E-state index in [9.17, 15) is 14.7 Å². The lowest BCUT2D eigenvalue weighted by atomic mass is 10.2. The molecule has 0 saturated carbocycles. The van der Waals surface area contributed by atoms with Gasteiger partial charge in [0.15, 0.2) is 0 Å². The van der Waals surface area contributed by atoms with Crippen LogP contribution in [0.15, 0.2) is 41.2 Å². The molecule has 5 nitrogen and oxygen atoms in total. The second-order valence-electron chi connectivity index (χ2n) is 5.42. The van der Waals surface area contributed by atoms with Crippen molar-refractivity contribution in [3.8, 4) is 5.69 Å². The van der Waals surface area contributed by atoms with Gasteiger partial charge in [-0.1, -0.05) is 47.4 Å². The van der Waals surface area contributed by atoms with Gasteiger partial charge >= 0.3 is 5.97 Å². The molecule has 0 aliphatic rings. The van der Waals surface area contributed by atoms with Gasteiger partial charge in [-0.05, 0) is 42.0 Å². The molecule has 2 N–H and O–H groups in total. The summed E-state index contributed by atoms with van der Waals surface area (Å²) in [5, 5.41) is 13.6. The second-order valence-corrected chi connectivity index (χ2v) is 6.67. The normalized spacial score (nSPS) is 11.7. The largest absolute Gasteiger partial charge is 0.478 e. The van der Waals surface area contributed by atoms with Gasteiger partial charge in [0.1, 0.15) is 0 Å². The monoisotopic (exact) mass is 408 g/mol. The van der Waals surface area contributed by atoms with Crippen molar-refractivity contribution in [2.75, 3.05) is 0 Å². The Kier molecular flexibility index (Phi) is 4.96. The van der Waals surface area contributed by atoms with Gasteiger partial charge in [0.25, 0.3) is 5.56 Å². The van der Waals surface area contributed by atoms with Crippen LogP contribution in [0, 0.1) is 0 Å². The molecule has 0 unspecified atom stereocenters. The molecule has 1 heterocycles. The van der Waals surface area contributed by atoms with Crippen LogP contribution in [0.1, 0.15) is 15.9 Å². The third kappa shape index (κ3) is 3.42. The highest BCUT2D eigenvalue weighted by atomic mass is 35.5. The molecule has 0 atom stereocenters. The van der Waals surface area contributed by atoms with E-state index < -0.39 is 11.5 Å².